The highest BCUT2D eigenvalue weighted by atomic mass is 35.5. The molecule has 1 aliphatic heterocycles. The minimum Gasteiger partial charge on any atom is -0.341 e. The molecule has 0 radical (unpaired) electrons. The average molecular weight is 420 g/mol. The van der Waals surface area contributed by atoms with Crippen molar-refractivity contribution in [2.45, 2.75) is 49.6 Å². The Morgan fingerprint density at radius 2 is 1.85 bits per heavy atom. The van der Waals surface area contributed by atoms with Crippen molar-refractivity contribution in [1.82, 2.24) is 14.9 Å². The number of nitrogens with zero attached hydrogens (tertiary/aromatic N) is 1. The predicted molar refractivity (Wildman–Crippen MR) is 104 cm³/mol. The van der Waals surface area contributed by atoms with Gasteiger partial charge in [0.05, 0.1) is 6.04 Å². The topological polar surface area (TPSA) is 78.5 Å². The van der Waals surface area contributed by atoms with Gasteiger partial charge in [0.1, 0.15) is 10.7 Å². The van der Waals surface area contributed by atoms with Crippen molar-refractivity contribution in [3.8, 4) is 0 Å². The molecule has 2 fully saturated rings. The van der Waals surface area contributed by atoms with Crippen LogP contribution in [0.3, 0.4) is 0 Å². The van der Waals surface area contributed by atoms with E-state index in [0.717, 1.165) is 31.4 Å². The largest absolute Gasteiger partial charge is 0.341 e. The van der Waals surface area contributed by atoms with Gasteiger partial charge in [0.2, 0.25) is 15.9 Å². The van der Waals surface area contributed by atoms with Crippen LogP contribution in [-0.4, -0.2) is 50.9 Å². The Kier molecular flexibility index (Phi) is 7.62. The molecule has 1 aromatic carbocycles. The van der Waals surface area contributed by atoms with Crippen molar-refractivity contribution >= 4 is 28.3 Å². The van der Waals surface area contributed by atoms with E-state index in [-0.39, 0.29) is 18.3 Å². The normalized spacial score (nSPS) is 19.4. The second-order valence-corrected chi connectivity index (χ2v) is 8.91. The third-order valence-corrected chi connectivity index (χ3v) is 6.60. The van der Waals surface area contributed by atoms with Crippen LogP contribution in [0.15, 0.2) is 29.2 Å². The summed E-state index contributed by atoms with van der Waals surface area (Å²) >= 11 is 0. The Labute approximate surface area is 166 Å². The zero-order chi connectivity index (χ0) is 18.7. The van der Waals surface area contributed by atoms with Crippen LogP contribution >= 0.6 is 12.4 Å². The minimum atomic E-state index is -4.08. The zero-order valence-electron chi connectivity index (χ0n) is 15.4. The van der Waals surface area contributed by atoms with Gasteiger partial charge in [-0.15, -0.1) is 12.4 Å². The number of amides is 1. The number of benzene rings is 1. The fourth-order valence-corrected chi connectivity index (χ4v) is 4.52. The maximum absolute atomic E-state index is 13.7. The van der Waals surface area contributed by atoms with Crippen LogP contribution in [0, 0.1) is 11.7 Å². The van der Waals surface area contributed by atoms with Crippen LogP contribution in [-0.2, 0) is 14.8 Å². The molecule has 2 N–H and O–H groups in total. The number of nitrogens with one attached hydrogen (secondary N) is 2. The zero-order valence-corrected chi connectivity index (χ0v) is 17.0. The minimum absolute atomic E-state index is 0. The molecule has 3 rings (SSSR count). The van der Waals surface area contributed by atoms with E-state index in [2.05, 4.69) is 10.0 Å². The van der Waals surface area contributed by atoms with Gasteiger partial charge < -0.3 is 10.2 Å². The number of hydrogen-bond donors (Lipinski definition) is 2. The summed E-state index contributed by atoms with van der Waals surface area (Å²) in [6.07, 6.45) is 4.35. The quantitative estimate of drug-likeness (QED) is 0.707. The van der Waals surface area contributed by atoms with Crippen LogP contribution in [0.4, 0.5) is 4.39 Å². The monoisotopic (exact) mass is 419 g/mol. The van der Waals surface area contributed by atoms with Gasteiger partial charge in [-0.2, -0.15) is 4.72 Å². The molecule has 1 unspecified atom stereocenters. The van der Waals surface area contributed by atoms with E-state index >= 15 is 0 Å². The highest BCUT2D eigenvalue weighted by Crippen LogP contribution is 2.28. The highest BCUT2D eigenvalue weighted by Gasteiger charge is 2.30. The lowest BCUT2D eigenvalue weighted by Crippen LogP contribution is -2.51. The second kappa shape index (κ2) is 9.32. The lowest BCUT2D eigenvalue weighted by molar-refractivity contribution is -0.133. The molecule has 1 aliphatic carbocycles. The van der Waals surface area contributed by atoms with E-state index in [1.54, 1.807) is 4.90 Å². The number of halogens is 2. The van der Waals surface area contributed by atoms with Crippen molar-refractivity contribution in [1.29, 1.82) is 0 Å². The van der Waals surface area contributed by atoms with Gasteiger partial charge in [-0.3, -0.25) is 4.79 Å². The van der Waals surface area contributed by atoms with E-state index in [4.69, 9.17) is 0 Å². The third kappa shape index (κ3) is 5.88. The Balaban J connectivity index is 0.00000261. The fourth-order valence-electron chi connectivity index (χ4n) is 3.24. The van der Waals surface area contributed by atoms with Gasteiger partial charge in [-0.25, -0.2) is 12.8 Å². The van der Waals surface area contributed by atoms with E-state index < -0.39 is 26.8 Å². The molecule has 1 atom stereocenters. The third-order valence-electron chi connectivity index (χ3n) is 5.03. The summed E-state index contributed by atoms with van der Waals surface area (Å²) in [6.45, 7) is 3.76. The lowest BCUT2D eigenvalue weighted by atomic mass is 10.0. The first-order valence-electron chi connectivity index (χ1n) is 9.16. The Hall–Kier alpha value is -1.22. The standard InChI is InChI=1S/C18H26FN3O3S.ClH/c1-13(21-26(24,25)17-5-3-2-4-16(17)19)18(23)22-10-8-15(9-11-22)20-12-14-6-7-14;/h2-5,13-15,20-21H,6-12H2,1H3;1H. The van der Waals surface area contributed by atoms with Crippen LogP contribution in [0.2, 0.25) is 0 Å². The number of hydrogen-bond acceptors (Lipinski definition) is 4. The van der Waals surface area contributed by atoms with Crippen molar-refractivity contribution in [2.24, 2.45) is 5.92 Å². The van der Waals surface area contributed by atoms with Crippen molar-refractivity contribution in [3.05, 3.63) is 30.1 Å². The van der Waals surface area contributed by atoms with Gasteiger partial charge >= 0.3 is 0 Å². The SMILES string of the molecule is CC(NS(=O)(=O)c1ccccc1F)C(=O)N1CCC(NCC2CC2)CC1.Cl. The molecule has 0 bridgehead atoms. The molecule has 152 valence electrons. The number of carbonyl (C=O) groups is 1. The first kappa shape index (κ1) is 22.1. The summed E-state index contributed by atoms with van der Waals surface area (Å²) in [6, 6.07) is 4.63. The van der Waals surface area contributed by atoms with E-state index in [1.165, 1.54) is 38.0 Å². The Bertz CT molecular complexity index is 750. The first-order chi connectivity index (χ1) is 12.4. The highest BCUT2D eigenvalue weighted by molar-refractivity contribution is 7.89. The van der Waals surface area contributed by atoms with E-state index in [0.29, 0.717) is 19.1 Å². The molecule has 9 heteroatoms. The molecule has 1 heterocycles. The predicted octanol–water partition coefficient (Wildman–Crippen LogP) is 1.90. The van der Waals surface area contributed by atoms with Gasteiger partial charge in [0.25, 0.3) is 0 Å². The van der Waals surface area contributed by atoms with Crippen LogP contribution in [0.25, 0.3) is 0 Å². The maximum Gasteiger partial charge on any atom is 0.244 e. The Morgan fingerprint density at radius 3 is 2.44 bits per heavy atom. The van der Waals surface area contributed by atoms with E-state index in [9.17, 15) is 17.6 Å². The van der Waals surface area contributed by atoms with Gasteiger partial charge in [0, 0.05) is 19.1 Å². The van der Waals surface area contributed by atoms with Crippen LogP contribution in [0.5, 0.6) is 0 Å². The molecule has 6 nitrogen and oxygen atoms in total. The van der Waals surface area contributed by atoms with Gasteiger partial charge in [-0.05, 0) is 57.2 Å². The van der Waals surface area contributed by atoms with Gasteiger partial charge in [0.15, 0.2) is 0 Å². The summed E-state index contributed by atoms with van der Waals surface area (Å²) in [5.74, 6) is -0.282. The number of sulfonamides is 1. The number of likely N-dealkylation sites (tertiary alicyclic amines) is 1. The molecule has 1 saturated carbocycles. The van der Waals surface area contributed by atoms with Gasteiger partial charge in [-0.1, -0.05) is 12.1 Å². The van der Waals surface area contributed by atoms with Crippen LogP contribution in [0.1, 0.15) is 32.6 Å². The number of rotatable bonds is 7. The van der Waals surface area contributed by atoms with Crippen molar-refractivity contribution < 1.29 is 17.6 Å². The van der Waals surface area contributed by atoms with Crippen molar-refractivity contribution in [2.75, 3.05) is 19.6 Å². The van der Waals surface area contributed by atoms with E-state index in [1.807, 2.05) is 0 Å². The summed E-state index contributed by atoms with van der Waals surface area (Å²) in [4.78, 5) is 13.8. The van der Waals surface area contributed by atoms with Crippen LogP contribution < -0.4 is 10.0 Å². The molecule has 0 spiro atoms. The Morgan fingerprint density at radius 1 is 1.22 bits per heavy atom. The summed E-state index contributed by atoms with van der Waals surface area (Å²) in [5, 5.41) is 3.55. The fraction of sp³-hybridized carbons (Fsp3) is 0.611. The summed E-state index contributed by atoms with van der Waals surface area (Å²) < 4.78 is 40.7. The second-order valence-electron chi connectivity index (χ2n) is 7.22. The molecular weight excluding hydrogens is 393 g/mol. The molecule has 1 saturated heterocycles. The molecule has 1 amide bonds. The number of piperidine rings is 1. The summed E-state index contributed by atoms with van der Waals surface area (Å²) in [5.41, 5.74) is 0. The summed E-state index contributed by atoms with van der Waals surface area (Å²) in [7, 11) is -4.08. The lowest BCUT2D eigenvalue weighted by Gasteiger charge is -2.34. The molecular formula is C18H27ClFN3O3S. The maximum atomic E-state index is 13.7. The molecule has 1 aromatic rings. The number of carbonyl (C=O) groups excluding carboxylic acids is 1. The first-order valence-corrected chi connectivity index (χ1v) is 10.6. The van der Waals surface area contributed by atoms with Crippen molar-refractivity contribution in [3.63, 3.8) is 0 Å². The average Bonchev–Trinajstić information content (AvgIpc) is 3.44. The smallest absolute Gasteiger partial charge is 0.244 e. The molecule has 2 aliphatic rings. The molecule has 0 aromatic heterocycles. The molecule has 27 heavy (non-hydrogen) atoms.